The summed E-state index contributed by atoms with van der Waals surface area (Å²) in [6, 6.07) is 8.05. The van der Waals surface area contributed by atoms with E-state index in [0.717, 1.165) is 48.9 Å². The fourth-order valence-electron chi connectivity index (χ4n) is 2.52. The normalized spacial score (nSPS) is 18.6. The third kappa shape index (κ3) is 6.61. The summed E-state index contributed by atoms with van der Waals surface area (Å²) in [7, 11) is 1.70. The van der Waals surface area contributed by atoms with Gasteiger partial charge in [-0.3, -0.25) is 4.79 Å². The van der Waals surface area contributed by atoms with E-state index >= 15 is 0 Å². The number of piperidine rings is 1. The number of hydrogen-bond acceptors (Lipinski definition) is 4. The maximum Gasteiger partial charge on any atom is 0.224 e. The van der Waals surface area contributed by atoms with Gasteiger partial charge in [0.15, 0.2) is 0 Å². The number of benzene rings is 1. The zero-order valence-corrected chi connectivity index (χ0v) is 15.5. The Balaban J connectivity index is 0.00000264. The van der Waals surface area contributed by atoms with Crippen molar-refractivity contribution in [2.24, 2.45) is 11.8 Å². The Morgan fingerprint density at radius 2 is 2.26 bits per heavy atom. The Labute approximate surface area is 149 Å². The van der Waals surface area contributed by atoms with Gasteiger partial charge in [-0.25, -0.2) is 0 Å². The molecule has 2 unspecified atom stereocenters. The number of rotatable bonds is 7. The van der Waals surface area contributed by atoms with Crippen molar-refractivity contribution < 1.29 is 9.53 Å². The van der Waals surface area contributed by atoms with Crippen LogP contribution in [0.15, 0.2) is 29.2 Å². The first-order chi connectivity index (χ1) is 10.7. The van der Waals surface area contributed by atoms with Crippen LogP contribution in [0.4, 0.5) is 0 Å². The molecule has 1 aromatic rings. The summed E-state index contributed by atoms with van der Waals surface area (Å²) in [5, 5.41) is 6.38. The first kappa shape index (κ1) is 20.1. The lowest BCUT2D eigenvalue weighted by Gasteiger charge is -2.22. The van der Waals surface area contributed by atoms with Crippen molar-refractivity contribution in [3.63, 3.8) is 0 Å². The van der Waals surface area contributed by atoms with Crippen molar-refractivity contribution in [2.45, 2.75) is 24.7 Å². The van der Waals surface area contributed by atoms with E-state index in [-0.39, 0.29) is 24.2 Å². The van der Waals surface area contributed by atoms with Gasteiger partial charge >= 0.3 is 0 Å². The van der Waals surface area contributed by atoms with Gasteiger partial charge in [0.05, 0.1) is 13.0 Å². The van der Waals surface area contributed by atoms with E-state index in [1.54, 1.807) is 18.9 Å². The van der Waals surface area contributed by atoms with Crippen LogP contribution in [0.3, 0.4) is 0 Å². The average molecular weight is 359 g/mol. The third-order valence-electron chi connectivity index (χ3n) is 3.88. The van der Waals surface area contributed by atoms with E-state index in [1.165, 1.54) is 0 Å². The Morgan fingerprint density at radius 3 is 2.96 bits per heavy atom. The Morgan fingerprint density at radius 1 is 1.48 bits per heavy atom. The number of nitrogens with one attached hydrogen (secondary N) is 2. The summed E-state index contributed by atoms with van der Waals surface area (Å²) >= 11 is 1.78. The van der Waals surface area contributed by atoms with Crippen molar-refractivity contribution in [3.8, 4) is 5.75 Å². The Bertz CT molecular complexity index is 481. The lowest BCUT2D eigenvalue weighted by Crippen LogP contribution is -2.41. The minimum Gasteiger partial charge on any atom is -0.496 e. The summed E-state index contributed by atoms with van der Waals surface area (Å²) in [5.41, 5.74) is 0. The first-order valence-corrected chi connectivity index (χ1v) is 8.93. The Hall–Kier alpha value is -0.910. The molecule has 1 saturated heterocycles. The molecule has 0 aliphatic carbocycles. The molecule has 130 valence electrons. The second kappa shape index (κ2) is 10.8. The van der Waals surface area contributed by atoms with Crippen LogP contribution >= 0.6 is 24.2 Å². The molecule has 2 rings (SSSR count). The number of carbonyl (C=O) groups excluding carboxylic acids is 1. The summed E-state index contributed by atoms with van der Waals surface area (Å²) in [6.45, 7) is 4.76. The minimum absolute atomic E-state index is 0. The van der Waals surface area contributed by atoms with E-state index in [9.17, 15) is 4.79 Å². The van der Waals surface area contributed by atoms with Crippen LogP contribution in [0.25, 0.3) is 0 Å². The van der Waals surface area contributed by atoms with Crippen molar-refractivity contribution in [3.05, 3.63) is 24.3 Å². The van der Waals surface area contributed by atoms with Crippen LogP contribution in [0, 0.1) is 11.8 Å². The molecule has 4 nitrogen and oxygen atoms in total. The third-order valence-corrected chi connectivity index (χ3v) is 5.27. The van der Waals surface area contributed by atoms with Gasteiger partial charge in [0.25, 0.3) is 0 Å². The molecule has 0 spiro atoms. The molecule has 0 bridgehead atoms. The van der Waals surface area contributed by atoms with Gasteiger partial charge in [0.2, 0.25) is 5.91 Å². The molecule has 2 atom stereocenters. The zero-order chi connectivity index (χ0) is 15.8. The number of amides is 1. The number of para-hydroxylation sites is 1. The highest BCUT2D eigenvalue weighted by atomic mass is 35.5. The number of methoxy groups -OCH3 is 1. The number of thioether (sulfide) groups is 1. The number of ether oxygens (including phenoxy) is 1. The summed E-state index contributed by atoms with van der Waals surface area (Å²) in [4.78, 5) is 13.3. The summed E-state index contributed by atoms with van der Waals surface area (Å²) in [6.07, 6.45) is 2.10. The lowest BCUT2D eigenvalue weighted by molar-refractivity contribution is -0.125. The van der Waals surface area contributed by atoms with Gasteiger partial charge in [0.1, 0.15) is 5.75 Å². The maximum atomic E-state index is 12.1. The minimum atomic E-state index is 0. The topological polar surface area (TPSA) is 50.4 Å². The molecule has 0 saturated carbocycles. The highest BCUT2D eigenvalue weighted by Crippen LogP contribution is 2.29. The molecule has 23 heavy (non-hydrogen) atoms. The molecule has 0 aromatic heterocycles. The maximum absolute atomic E-state index is 12.1. The molecule has 0 radical (unpaired) electrons. The molecule has 2 N–H and O–H groups in total. The largest absolute Gasteiger partial charge is 0.496 e. The quantitative estimate of drug-likeness (QED) is 0.736. The van der Waals surface area contributed by atoms with Crippen LogP contribution in [-0.4, -0.2) is 38.4 Å². The molecule has 1 aliphatic rings. The fourth-order valence-corrected chi connectivity index (χ4v) is 3.57. The van der Waals surface area contributed by atoms with Crippen LogP contribution < -0.4 is 15.4 Å². The number of halogens is 1. The number of carbonyl (C=O) groups is 1. The monoisotopic (exact) mass is 358 g/mol. The average Bonchev–Trinajstić information content (AvgIpc) is 2.58. The molecule has 6 heteroatoms. The van der Waals surface area contributed by atoms with Crippen LogP contribution in [0.1, 0.15) is 19.8 Å². The lowest BCUT2D eigenvalue weighted by atomic mass is 9.99. The van der Waals surface area contributed by atoms with Crippen LogP contribution in [0.5, 0.6) is 5.75 Å². The molecular formula is C17H27ClN2O2S. The molecule has 1 amide bonds. The predicted octanol–water partition coefficient (Wildman–Crippen LogP) is 2.96. The standard InChI is InChI=1S/C17H26N2O2S.ClH/c1-13(10-19-17(20)14-6-5-9-18-11-14)12-22-16-8-4-3-7-15(16)21-2;/h3-4,7-8,13-14,18H,5-6,9-12H2,1-2H3,(H,19,20);1H. The molecule has 1 aliphatic heterocycles. The SMILES string of the molecule is COc1ccccc1SCC(C)CNC(=O)C1CCCNC1.Cl. The smallest absolute Gasteiger partial charge is 0.224 e. The van der Waals surface area contributed by atoms with Crippen molar-refractivity contribution in [1.29, 1.82) is 0 Å². The molecular weight excluding hydrogens is 332 g/mol. The van der Waals surface area contributed by atoms with Crippen molar-refractivity contribution >= 4 is 30.1 Å². The molecule has 1 aromatic carbocycles. The highest BCUT2D eigenvalue weighted by Gasteiger charge is 2.20. The number of hydrogen-bond donors (Lipinski definition) is 2. The summed E-state index contributed by atoms with van der Waals surface area (Å²) in [5.74, 6) is 2.64. The second-order valence-corrected chi connectivity index (χ2v) is 6.92. The van der Waals surface area contributed by atoms with Crippen molar-refractivity contribution in [2.75, 3.05) is 32.5 Å². The van der Waals surface area contributed by atoms with Gasteiger partial charge in [-0.1, -0.05) is 19.1 Å². The van der Waals surface area contributed by atoms with E-state index < -0.39 is 0 Å². The molecule has 1 fully saturated rings. The van der Waals surface area contributed by atoms with Gasteiger partial charge < -0.3 is 15.4 Å². The van der Waals surface area contributed by atoms with Gasteiger partial charge in [0, 0.05) is 23.7 Å². The van der Waals surface area contributed by atoms with Crippen LogP contribution in [0.2, 0.25) is 0 Å². The van der Waals surface area contributed by atoms with Gasteiger partial charge in [-0.15, -0.1) is 24.2 Å². The first-order valence-electron chi connectivity index (χ1n) is 7.95. The second-order valence-electron chi connectivity index (χ2n) is 5.86. The fraction of sp³-hybridized carbons (Fsp3) is 0.588. The van der Waals surface area contributed by atoms with Gasteiger partial charge in [-0.2, -0.15) is 0 Å². The zero-order valence-electron chi connectivity index (χ0n) is 13.8. The molecule has 1 heterocycles. The van der Waals surface area contributed by atoms with E-state index in [2.05, 4.69) is 23.6 Å². The van der Waals surface area contributed by atoms with E-state index in [4.69, 9.17) is 4.74 Å². The van der Waals surface area contributed by atoms with Crippen LogP contribution in [-0.2, 0) is 4.79 Å². The Kier molecular flexibility index (Phi) is 9.44. The highest BCUT2D eigenvalue weighted by molar-refractivity contribution is 7.99. The van der Waals surface area contributed by atoms with E-state index in [1.807, 2.05) is 18.2 Å². The van der Waals surface area contributed by atoms with E-state index in [0.29, 0.717) is 5.92 Å². The summed E-state index contributed by atoms with van der Waals surface area (Å²) < 4.78 is 5.36. The van der Waals surface area contributed by atoms with Gasteiger partial charge in [-0.05, 0) is 37.4 Å². The van der Waals surface area contributed by atoms with Crippen molar-refractivity contribution in [1.82, 2.24) is 10.6 Å². The predicted molar refractivity (Wildman–Crippen MR) is 98.7 cm³/mol.